The maximum Gasteiger partial charge on any atom is 0.191 e. The van der Waals surface area contributed by atoms with Crippen molar-refractivity contribution in [2.45, 2.75) is 44.2 Å². The average molecular weight is 515 g/mol. The Morgan fingerprint density at radius 1 is 1.24 bits per heavy atom. The summed E-state index contributed by atoms with van der Waals surface area (Å²) < 4.78 is 5.59. The SMILES string of the molecule is CCNC(=NCC1(N(C)C)CCOCC1)NC1CCCN(c2ccccc2)C1.I. The highest BCUT2D eigenvalue weighted by atomic mass is 127. The summed E-state index contributed by atoms with van der Waals surface area (Å²) in [6.07, 6.45) is 4.45. The van der Waals surface area contributed by atoms with E-state index in [0.717, 1.165) is 58.2 Å². The van der Waals surface area contributed by atoms with Gasteiger partial charge in [-0.2, -0.15) is 0 Å². The van der Waals surface area contributed by atoms with Gasteiger partial charge in [0.25, 0.3) is 0 Å². The number of aliphatic imine (C=N–C) groups is 1. The number of nitrogens with one attached hydrogen (secondary N) is 2. The Morgan fingerprint density at radius 3 is 2.62 bits per heavy atom. The number of para-hydroxylation sites is 1. The van der Waals surface area contributed by atoms with E-state index in [0.29, 0.717) is 6.04 Å². The standard InChI is InChI=1S/C22H37N5O.HI/c1-4-23-21(24-18-22(26(2)3)12-15-28-16-13-22)25-19-9-8-14-27(17-19)20-10-6-5-7-11-20;/h5-7,10-11,19H,4,8-9,12-18H2,1-3H3,(H2,23,24,25);1H. The first kappa shape index (κ1) is 24.2. The Labute approximate surface area is 193 Å². The van der Waals surface area contributed by atoms with Crippen LogP contribution in [0.4, 0.5) is 5.69 Å². The normalized spacial score (nSPS) is 22.1. The Bertz CT molecular complexity index is 619. The summed E-state index contributed by atoms with van der Waals surface area (Å²) >= 11 is 0. The Balaban J connectivity index is 0.00000300. The van der Waals surface area contributed by atoms with Crippen LogP contribution in [0.15, 0.2) is 35.3 Å². The number of likely N-dealkylation sites (N-methyl/N-ethyl adjacent to an activating group) is 1. The van der Waals surface area contributed by atoms with Crippen molar-refractivity contribution >= 4 is 35.6 Å². The Hall–Kier alpha value is -1.06. The van der Waals surface area contributed by atoms with Gasteiger partial charge in [0, 0.05) is 50.1 Å². The summed E-state index contributed by atoms with van der Waals surface area (Å²) in [7, 11) is 4.33. The van der Waals surface area contributed by atoms with Crippen LogP contribution in [-0.4, -0.2) is 75.9 Å². The van der Waals surface area contributed by atoms with Gasteiger partial charge < -0.3 is 25.2 Å². The van der Waals surface area contributed by atoms with E-state index in [1.165, 1.54) is 18.5 Å². The topological polar surface area (TPSA) is 52.1 Å². The molecule has 164 valence electrons. The number of hydrogen-bond acceptors (Lipinski definition) is 4. The van der Waals surface area contributed by atoms with Gasteiger partial charge in [0.2, 0.25) is 0 Å². The maximum atomic E-state index is 5.59. The number of nitrogens with zero attached hydrogens (tertiary/aromatic N) is 3. The number of rotatable bonds is 6. The summed E-state index contributed by atoms with van der Waals surface area (Å²) in [6, 6.07) is 11.1. The minimum atomic E-state index is 0. The molecule has 0 amide bonds. The summed E-state index contributed by atoms with van der Waals surface area (Å²) in [5.41, 5.74) is 1.41. The van der Waals surface area contributed by atoms with Crippen LogP contribution in [0.3, 0.4) is 0 Å². The van der Waals surface area contributed by atoms with Crippen molar-refractivity contribution in [3.8, 4) is 0 Å². The van der Waals surface area contributed by atoms with Crippen LogP contribution < -0.4 is 15.5 Å². The molecule has 29 heavy (non-hydrogen) atoms. The van der Waals surface area contributed by atoms with E-state index in [4.69, 9.17) is 9.73 Å². The fraction of sp³-hybridized carbons (Fsp3) is 0.682. The largest absolute Gasteiger partial charge is 0.381 e. The van der Waals surface area contributed by atoms with Crippen LogP contribution in [0.1, 0.15) is 32.6 Å². The molecule has 1 aromatic carbocycles. The highest BCUT2D eigenvalue weighted by Crippen LogP contribution is 2.26. The number of hydrogen-bond donors (Lipinski definition) is 2. The summed E-state index contributed by atoms with van der Waals surface area (Å²) in [5, 5.41) is 7.15. The second kappa shape index (κ2) is 12.0. The van der Waals surface area contributed by atoms with Crippen LogP contribution in [0.25, 0.3) is 0 Å². The highest BCUT2D eigenvalue weighted by Gasteiger charge is 2.34. The predicted molar refractivity (Wildman–Crippen MR) is 133 cm³/mol. The zero-order valence-electron chi connectivity index (χ0n) is 18.2. The molecular formula is C22H38IN5O. The first-order valence-electron chi connectivity index (χ1n) is 10.7. The first-order chi connectivity index (χ1) is 13.6. The zero-order valence-corrected chi connectivity index (χ0v) is 20.5. The Kier molecular flexibility index (Phi) is 9.98. The smallest absolute Gasteiger partial charge is 0.191 e. The molecule has 7 heteroatoms. The van der Waals surface area contributed by atoms with Gasteiger partial charge >= 0.3 is 0 Å². The molecule has 0 aromatic heterocycles. The van der Waals surface area contributed by atoms with Crippen LogP contribution in [0, 0.1) is 0 Å². The fourth-order valence-corrected chi connectivity index (χ4v) is 4.21. The number of ether oxygens (including phenoxy) is 1. The van der Waals surface area contributed by atoms with E-state index in [-0.39, 0.29) is 29.5 Å². The monoisotopic (exact) mass is 515 g/mol. The predicted octanol–water partition coefficient (Wildman–Crippen LogP) is 2.94. The van der Waals surface area contributed by atoms with E-state index < -0.39 is 0 Å². The van der Waals surface area contributed by atoms with Crippen molar-refractivity contribution in [2.75, 3.05) is 58.4 Å². The van der Waals surface area contributed by atoms with Crippen molar-refractivity contribution in [3.05, 3.63) is 30.3 Å². The van der Waals surface area contributed by atoms with E-state index in [1.807, 2.05) is 0 Å². The van der Waals surface area contributed by atoms with Crippen LogP contribution in [-0.2, 0) is 4.74 Å². The minimum absolute atomic E-state index is 0. The number of anilines is 1. The summed E-state index contributed by atoms with van der Waals surface area (Å²) in [5.74, 6) is 0.940. The Morgan fingerprint density at radius 2 is 1.97 bits per heavy atom. The molecule has 1 aromatic rings. The van der Waals surface area contributed by atoms with E-state index >= 15 is 0 Å². The molecule has 2 fully saturated rings. The van der Waals surface area contributed by atoms with Gasteiger partial charge in [-0.3, -0.25) is 4.99 Å². The lowest BCUT2D eigenvalue weighted by atomic mass is 9.89. The molecule has 2 aliphatic heterocycles. The highest BCUT2D eigenvalue weighted by molar-refractivity contribution is 14.0. The van der Waals surface area contributed by atoms with Gasteiger partial charge in [-0.25, -0.2) is 0 Å². The molecule has 0 spiro atoms. The third-order valence-corrected chi connectivity index (χ3v) is 6.13. The van der Waals surface area contributed by atoms with Crippen LogP contribution in [0.2, 0.25) is 0 Å². The number of benzene rings is 1. The molecule has 3 rings (SSSR count). The van der Waals surface area contributed by atoms with Crippen molar-refractivity contribution in [2.24, 2.45) is 4.99 Å². The molecule has 1 unspecified atom stereocenters. The molecule has 2 N–H and O–H groups in total. The number of guanidine groups is 1. The lowest BCUT2D eigenvalue weighted by molar-refractivity contribution is -0.00255. The van der Waals surface area contributed by atoms with E-state index in [2.05, 4.69) is 71.8 Å². The average Bonchev–Trinajstić information content (AvgIpc) is 2.74. The fourth-order valence-electron chi connectivity index (χ4n) is 4.21. The lowest BCUT2D eigenvalue weighted by Gasteiger charge is -2.42. The lowest BCUT2D eigenvalue weighted by Crippen LogP contribution is -2.53. The molecule has 2 saturated heterocycles. The molecule has 2 heterocycles. The molecule has 0 saturated carbocycles. The summed E-state index contributed by atoms with van der Waals surface area (Å²) in [4.78, 5) is 9.81. The third kappa shape index (κ3) is 6.72. The van der Waals surface area contributed by atoms with Crippen molar-refractivity contribution in [3.63, 3.8) is 0 Å². The number of halogens is 1. The molecule has 0 radical (unpaired) electrons. The second-order valence-electron chi connectivity index (χ2n) is 8.19. The molecular weight excluding hydrogens is 477 g/mol. The van der Waals surface area contributed by atoms with E-state index in [1.54, 1.807) is 0 Å². The van der Waals surface area contributed by atoms with Gasteiger partial charge in [-0.05, 0) is 58.8 Å². The van der Waals surface area contributed by atoms with Gasteiger partial charge in [0.05, 0.1) is 6.54 Å². The molecule has 1 atom stereocenters. The van der Waals surface area contributed by atoms with Gasteiger partial charge in [0.15, 0.2) is 5.96 Å². The van der Waals surface area contributed by atoms with Gasteiger partial charge in [-0.1, -0.05) is 18.2 Å². The van der Waals surface area contributed by atoms with Crippen molar-refractivity contribution < 1.29 is 4.74 Å². The number of piperidine rings is 1. The molecule has 2 aliphatic rings. The molecule has 0 bridgehead atoms. The quantitative estimate of drug-likeness (QED) is 0.347. The van der Waals surface area contributed by atoms with Gasteiger partial charge in [-0.15, -0.1) is 24.0 Å². The first-order valence-corrected chi connectivity index (χ1v) is 10.7. The molecule has 6 nitrogen and oxygen atoms in total. The van der Waals surface area contributed by atoms with E-state index in [9.17, 15) is 0 Å². The summed E-state index contributed by atoms with van der Waals surface area (Å²) in [6.45, 7) is 7.59. The third-order valence-electron chi connectivity index (χ3n) is 6.13. The zero-order chi connectivity index (χ0) is 19.8. The maximum absolute atomic E-state index is 5.59. The van der Waals surface area contributed by atoms with Crippen molar-refractivity contribution in [1.29, 1.82) is 0 Å². The van der Waals surface area contributed by atoms with Gasteiger partial charge in [0.1, 0.15) is 0 Å². The van der Waals surface area contributed by atoms with Crippen molar-refractivity contribution in [1.82, 2.24) is 15.5 Å². The van der Waals surface area contributed by atoms with Crippen LogP contribution in [0.5, 0.6) is 0 Å². The minimum Gasteiger partial charge on any atom is -0.381 e. The van der Waals surface area contributed by atoms with Crippen LogP contribution >= 0.6 is 24.0 Å². The second-order valence-corrected chi connectivity index (χ2v) is 8.19. The molecule has 0 aliphatic carbocycles.